The normalized spacial score (nSPS) is 25.0. The maximum absolute atomic E-state index is 12.8. The molecule has 6 heteroatoms. The van der Waals surface area contributed by atoms with Crippen molar-refractivity contribution in [3.63, 3.8) is 0 Å². The molecule has 2 aromatic rings. The minimum Gasteiger partial charge on any atom is -0.393 e. The van der Waals surface area contributed by atoms with Gasteiger partial charge >= 0.3 is 0 Å². The van der Waals surface area contributed by atoms with Crippen molar-refractivity contribution in [1.82, 2.24) is 19.7 Å². The second kappa shape index (κ2) is 5.53. The van der Waals surface area contributed by atoms with Crippen molar-refractivity contribution in [2.75, 3.05) is 0 Å². The zero-order valence-electron chi connectivity index (χ0n) is 13.2. The van der Waals surface area contributed by atoms with E-state index < -0.39 is 0 Å². The second-order valence-corrected chi connectivity index (χ2v) is 6.82. The molecule has 4 rings (SSSR count). The van der Waals surface area contributed by atoms with Crippen LogP contribution in [0.4, 0.5) is 0 Å². The fraction of sp³-hybridized carbons (Fsp3) is 0.529. The molecule has 2 N–H and O–H groups in total. The number of nitrogens with zero attached hydrogens (tertiary/aromatic N) is 3. The summed E-state index contributed by atoms with van der Waals surface area (Å²) in [5.41, 5.74) is 1.73. The number of hydrogen-bond acceptors (Lipinski definition) is 3. The van der Waals surface area contributed by atoms with Crippen molar-refractivity contribution in [3.05, 3.63) is 42.0 Å². The lowest BCUT2D eigenvalue weighted by Crippen LogP contribution is -2.41. The SMILES string of the molecule is Cn1cc([C@H](NC(=O)c2cccn2C2CC2)C2CC(O)C2)cn1. The summed E-state index contributed by atoms with van der Waals surface area (Å²) in [6.07, 6.45) is 9.23. The van der Waals surface area contributed by atoms with Crippen LogP contribution in [0.1, 0.15) is 53.8 Å². The summed E-state index contributed by atoms with van der Waals surface area (Å²) < 4.78 is 3.82. The number of aliphatic hydroxyl groups excluding tert-OH is 1. The van der Waals surface area contributed by atoms with E-state index in [9.17, 15) is 9.90 Å². The molecular weight excluding hydrogens is 292 g/mol. The van der Waals surface area contributed by atoms with Crippen LogP contribution in [0.25, 0.3) is 0 Å². The zero-order chi connectivity index (χ0) is 16.0. The average Bonchev–Trinajstić information content (AvgIpc) is 3.05. The monoisotopic (exact) mass is 314 g/mol. The molecular formula is C17H22N4O2. The first-order chi connectivity index (χ1) is 11.1. The molecule has 23 heavy (non-hydrogen) atoms. The van der Waals surface area contributed by atoms with Crippen molar-refractivity contribution in [2.24, 2.45) is 13.0 Å². The van der Waals surface area contributed by atoms with Gasteiger partial charge in [0.1, 0.15) is 5.69 Å². The number of carbonyl (C=O) groups is 1. The summed E-state index contributed by atoms with van der Waals surface area (Å²) >= 11 is 0. The van der Waals surface area contributed by atoms with Crippen LogP contribution in [-0.4, -0.2) is 31.5 Å². The predicted molar refractivity (Wildman–Crippen MR) is 84.8 cm³/mol. The smallest absolute Gasteiger partial charge is 0.268 e. The van der Waals surface area contributed by atoms with Gasteiger partial charge in [0, 0.05) is 31.0 Å². The Balaban J connectivity index is 1.54. The minimum atomic E-state index is -0.244. The lowest BCUT2D eigenvalue weighted by atomic mass is 9.75. The Morgan fingerprint density at radius 2 is 2.22 bits per heavy atom. The van der Waals surface area contributed by atoms with Gasteiger partial charge in [0.15, 0.2) is 0 Å². The molecule has 2 heterocycles. The van der Waals surface area contributed by atoms with Gasteiger partial charge in [0.2, 0.25) is 0 Å². The molecule has 0 aliphatic heterocycles. The van der Waals surface area contributed by atoms with Crippen LogP contribution in [0.2, 0.25) is 0 Å². The topological polar surface area (TPSA) is 72.1 Å². The van der Waals surface area contributed by atoms with E-state index in [0.717, 1.165) is 36.9 Å². The molecule has 122 valence electrons. The molecule has 1 amide bonds. The highest BCUT2D eigenvalue weighted by molar-refractivity contribution is 5.93. The first-order valence-corrected chi connectivity index (χ1v) is 8.26. The van der Waals surface area contributed by atoms with E-state index >= 15 is 0 Å². The predicted octanol–water partition coefficient (Wildman–Crippen LogP) is 1.80. The standard InChI is InChI=1S/C17H22N4O2/c1-20-10-12(9-18-20)16(11-7-14(22)8-11)19-17(23)15-3-2-6-21(15)13-4-5-13/h2-3,6,9-11,13-14,16,22H,4-5,7-8H2,1H3,(H,19,23)/t11?,14?,16-/m1/s1. The van der Waals surface area contributed by atoms with E-state index in [-0.39, 0.29) is 24.0 Å². The van der Waals surface area contributed by atoms with Crippen molar-refractivity contribution < 1.29 is 9.90 Å². The molecule has 2 saturated carbocycles. The molecule has 2 aromatic heterocycles. The number of carbonyl (C=O) groups excluding carboxylic acids is 1. The molecule has 0 radical (unpaired) electrons. The van der Waals surface area contributed by atoms with Crippen LogP contribution >= 0.6 is 0 Å². The Morgan fingerprint density at radius 3 is 2.83 bits per heavy atom. The summed E-state index contributed by atoms with van der Waals surface area (Å²) in [5, 5.41) is 17.0. The first kappa shape index (κ1) is 14.5. The van der Waals surface area contributed by atoms with Gasteiger partial charge in [0.05, 0.1) is 18.3 Å². The van der Waals surface area contributed by atoms with Crippen LogP contribution < -0.4 is 5.32 Å². The first-order valence-electron chi connectivity index (χ1n) is 8.26. The van der Waals surface area contributed by atoms with Crippen molar-refractivity contribution in [1.29, 1.82) is 0 Å². The van der Waals surface area contributed by atoms with E-state index in [1.165, 1.54) is 0 Å². The van der Waals surface area contributed by atoms with Crippen LogP contribution in [0.15, 0.2) is 30.7 Å². The number of aromatic nitrogens is 3. The van der Waals surface area contributed by atoms with Gasteiger partial charge in [-0.2, -0.15) is 5.10 Å². The van der Waals surface area contributed by atoms with Crippen LogP contribution in [-0.2, 0) is 7.05 Å². The summed E-state index contributed by atoms with van der Waals surface area (Å²) in [6.45, 7) is 0. The Kier molecular flexibility index (Phi) is 3.49. The van der Waals surface area contributed by atoms with Crippen LogP contribution in [0.3, 0.4) is 0 Å². The van der Waals surface area contributed by atoms with Crippen molar-refractivity contribution >= 4 is 5.91 Å². The summed E-state index contributed by atoms with van der Waals surface area (Å²) in [4.78, 5) is 12.8. The third kappa shape index (κ3) is 2.79. The Labute approximate surface area is 135 Å². The third-order valence-corrected chi connectivity index (χ3v) is 4.94. The quantitative estimate of drug-likeness (QED) is 0.884. The number of aryl methyl sites for hydroxylation is 1. The van der Waals surface area contributed by atoms with Crippen molar-refractivity contribution in [3.8, 4) is 0 Å². The molecule has 0 saturated heterocycles. The second-order valence-electron chi connectivity index (χ2n) is 6.82. The van der Waals surface area contributed by atoms with Gasteiger partial charge in [-0.3, -0.25) is 9.48 Å². The van der Waals surface area contributed by atoms with E-state index in [0.29, 0.717) is 6.04 Å². The molecule has 6 nitrogen and oxygen atoms in total. The third-order valence-electron chi connectivity index (χ3n) is 4.94. The van der Waals surface area contributed by atoms with E-state index in [4.69, 9.17) is 0 Å². The molecule has 0 unspecified atom stereocenters. The van der Waals surface area contributed by atoms with E-state index in [1.54, 1.807) is 10.9 Å². The minimum absolute atomic E-state index is 0.0443. The molecule has 2 aliphatic rings. The molecule has 1 atom stereocenters. The van der Waals surface area contributed by atoms with Gasteiger partial charge in [-0.15, -0.1) is 0 Å². The highest BCUT2D eigenvalue weighted by Gasteiger charge is 2.37. The Hall–Kier alpha value is -2.08. The molecule has 0 aromatic carbocycles. The maximum atomic E-state index is 12.8. The number of rotatable bonds is 5. The molecule has 0 spiro atoms. The summed E-state index contributed by atoms with van der Waals surface area (Å²) in [7, 11) is 1.87. The van der Waals surface area contributed by atoms with Gasteiger partial charge in [0.25, 0.3) is 5.91 Å². The highest BCUT2D eigenvalue weighted by Crippen LogP contribution is 2.39. The lowest BCUT2D eigenvalue weighted by molar-refractivity contribution is 0.0234. The number of amides is 1. The zero-order valence-corrected chi connectivity index (χ0v) is 13.2. The average molecular weight is 314 g/mol. The van der Waals surface area contributed by atoms with Crippen LogP contribution in [0, 0.1) is 5.92 Å². The lowest BCUT2D eigenvalue weighted by Gasteiger charge is -2.37. The highest BCUT2D eigenvalue weighted by atomic mass is 16.3. The van der Waals surface area contributed by atoms with Gasteiger partial charge in [-0.1, -0.05) is 0 Å². The molecule has 2 aliphatic carbocycles. The largest absolute Gasteiger partial charge is 0.393 e. The van der Waals surface area contributed by atoms with Gasteiger partial charge in [-0.05, 0) is 43.7 Å². The summed E-state index contributed by atoms with van der Waals surface area (Å²) in [6, 6.07) is 4.19. The van der Waals surface area contributed by atoms with Gasteiger partial charge < -0.3 is 15.0 Å². The number of hydrogen-bond donors (Lipinski definition) is 2. The fourth-order valence-electron chi connectivity index (χ4n) is 3.45. The van der Waals surface area contributed by atoms with E-state index in [2.05, 4.69) is 15.0 Å². The number of aliphatic hydroxyl groups is 1. The van der Waals surface area contributed by atoms with Gasteiger partial charge in [-0.25, -0.2) is 0 Å². The number of nitrogens with one attached hydrogen (secondary N) is 1. The fourth-order valence-corrected chi connectivity index (χ4v) is 3.45. The maximum Gasteiger partial charge on any atom is 0.268 e. The van der Waals surface area contributed by atoms with Crippen LogP contribution in [0.5, 0.6) is 0 Å². The molecule has 2 fully saturated rings. The van der Waals surface area contributed by atoms with Crippen molar-refractivity contribution in [2.45, 2.75) is 43.9 Å². The molecule has 0 bridgehead atoms. The Morgan fingerprint density at radius 1 is 1.43 bits per heavy atom. The van der Waals surface area contributed by atoms with E-state index in [1.807, 2.05) is 31.6 Å². The summed E-state index contributed by atoms with van der Waals surface area (Å²) in [5.74, 6) is 0.222. The Bertz CT molecular complexity index is 710.